The second-order valence-electron chi connectivity index (χ2n) is 4.60. The Kier molecular flexibility index (Phi) is 3.94. The van der Waals surface area contributed by atoms with Crippen molar-refractivity contribution in [2.24, 2.45) is 5.92 Å². The van der Waals surface area contributed by atoms with Crippen molar-refractivity contribution in [3.8, 4) is 6.07 Å². The maximum atomic E-state index is 9.59. The standard InChI is InChI=1S/C13H17N3O/c14-7-11-4-5-15-9-13(11)16-8-10-2-1-3-12(17)6-10/h4-5,9-10,12,16-17H,1-3,6,8H2. The second kappa shape index (κ2) is 5.65. The van der Waals surface area contributed by atoms with Gasteiger partial charge in [-0.2, -0.15) is 5.26 Å². The monoisotopic (exact) mass is 231 g/mol. The van der Waals surface area contributed by atoms with E-state index in [2.05, 4.69) is 16.4 Å². The highest BCUT2D eigenvalue weighted by Crippen LogP contribution is 2.24. The molecule has 2 atom stereocenters. The van der Waals surface area contributed by atoms with Crippen LogP contribution in [0.2, 0.25) is 0 Å². The van der Waals surface area contributed by atoms with E-state index in [9.17, 15) is 5.11 Å². The summed E-state index contributed by atoms with van der Waals surface area (Å²) in [6.45, 7) is 0.803. The molecule has 2 rings (SSSR count). The molecule has 0 radical (unpaired) electrons. The maximum Gasteiger partial charge on any atom is 0.101 e. The summed E-state index contributed by atoms with van der Waals surface area (Å²) in [5.74, 6) is 0.491. The molecular weight excluding hydrogens is 214 g/mol. The van der Waals surface area contributed by atoms with E-state index in [4.69, 9.17) is 5.26 Å². The Morgan fingerprint density at radius 3 is 3.18 bits per heavy atom. The van der Waals surface area contributed by atoms with E-state index in [1.807, 2.05) is 0 Å². The molecule has 1 aliphatic carbocycles. The fourth-order valence-electron chi connectivity index (χ4n) is 2.34. The quantitative estimate of drug-likeness (QED) is 0.833. The molecule has 0 bridgehead atoms. The fourth-order valence-corrected chi connectivity index (χ4v) is 2.34. The Hall–Kier alpha value is -1.60. The van der Waals surface area contributed by atoms with E-state index in [0.29, 0.717) is 11.5 Å². The van der Waals surface area contributed by atoms with Gasteiger partial charge in [0.1, 0.15) is 6.07 Å². The zero-order valence-corrected chi connectivity index (χ0v) is 9.76. The zero-order valence-electron chi connectivity index (χ0n) is 9.76. The van der Waals surface area contributed by atoms with Crippen molar-refractivity contribution in [2.75, 3.05) is 11.9 Å². The molecule has 90 valence electrons. The van der Waals surface area contributed by atoms with Crippen LogP contribution in [0.4, 0.5) is 5.69 Å². The van der Waals surface area contributed by atoms with Gasteiger partial charge in [-0.05, 0) is 31.2 Å². The Morgan fingerprint density at radius 1 is 1.53 bits per heavy atom. The summed E-state index contributed by atoms with van der Waals surface area (Å²) in [4.78, 5) is 4.01. The van der Waals surface area contributed by atoms with Crippen LogP contribution in [0.1, 0.15) is 31.2 Å². The average Bonchev–Trinajstić information content (AvgIpc) is 2.37. The van der Waals surface area contributed by atoms with Gasteiger partial charge in [0.15, 0.2) is 0 Å². The van der Waals surface area contributed by atoms with Gasteiger partial charge in [0.2, 0.25) is 0 Å². The summed E-state index contributed by atoms with van der Waals surface area (Å²) in [6, 6.07) is 3.85. The topological polar surface area (TPSA) is 68.9 Å². The van der Waals surface area contributed by atoms with Crippen molar-refractivity contribution in [1.29, 1.82) is 5.26 Å². The van der Waals surface area contributed by atoms with Crippen LogP contribution in [0, 0.1) is 17.2 Å². The fraction of sp³-hybridized carbons (Fsp3) is 0.538. The smallest absolute Gasteiger partial charge is 0.101 e. The third kappa shape index (κ3) is 3.18. The first-order valence-corrected chi connectivity index (χ1v) is 6.05. The Labute approximate surface area is 101 Å². The van der Waals surface area contributed by atoms with Gasteiger partial charge in [-0.1, -0.05) is 6.42 Å². The van der Waals surface area contributed by atoms with Crippen molar-refractivity contribution >= 4 is 5.69 Å². The van der Waals surface area contributed by atoms with Crippen LogP contribution in [-0.2, 0) is 0 Å². The number of hydrogen-bond donors (Lipinski definition) is 2. The number of aliphatic hydroxyl groups excluding tert-OH is 1. The number of aromatic nitrogens is 1. The van der Waals surface area contributed by atoms with Crippen LogP contribution in [0.25, 0.3) is 0 Å². The summed E-state index contributed by atoms with van der Waals surface area (Å²) in [5.41, 5.74) is 1.41. The van der Waals surface area contributed by atoms with Gasteiger partial charge >= 0.3 is 0 Å². The summed E-state index contributed by atoms with van der Waals surface area (Å²) in [5, 5.41) is 21.8. The molecule has 1 aromatic rings. The van der Waals surface area contributed by atoms with Crippen LogP contribution >= 0.6 is 0 Å². The summed E-state index contributed by atoms with van der Waals surface area (Å²) >= 11 is 0. The van der Waals surface area contributed by atoms with Gasteiger partial charge < -0.3 is 10.4 Å². The van der Waals surface area contributed by atoms with Crippen LogP contribution in [0.15, 0.2) is 18.5 Å². The van der Waals surface area contributed by atoms with Gasteiger partial charge in [-0.15, -0.1) is 0 Å². The largest absolute Gasteiger partial charge is 0.393 e. The number of pyridine rings is 1. The number of nitriles is 1. The van der Waals surface area contributed by atoms with Gasteiger partial charge in [0.05, 0.1) is 23.6 Å². The van der Waals surface area contributed by atoms with Crippen LogP contribution in [-0.4, -0.2) is 22.7 Å². The molecule has 1 aliphatic rings. The predicted molar refractivity (Wildman–Crippen MR) is 65.4 cm³/mol. The molecule has 0 spiro atoms. The third-order valence-corrected chi connectivity index (χ3v) is 3.28. The SMILES string of the molecule is N#Cc1ccncc1NCC1CCCC(O)C1. The summed E-state index contributed by atoms with van der Waals surface area (Å²) < 4.78 is 0. The van der Waals surface area contributed by atoms with Crippen molar-refractivity contribution in [2.45, 2.75) is 31.8 Å². The molecular formula is C13H17N3O. The van der Waals surface area contributed by atoms with E-state index < -0.39 is 0 Å². The van der Waals surface area contributed by atoms with Crippen molar-refractivity contribution < 1.29 is 5.11 Å². The van der Waals surface area contributed by atoms with E-state index in [1.54, 1.807) is 18.5 Å². The number of hydrogen-bond acceptors (Lipinski definition) is 4. The highest BCUT2D eigenvalue weighted by molar-refractivity contribution is 5.55. The highest BCUT2D eigenvalue weighted by Gasteiger charge is 2.19. The van der Waals surface area contributed by atoms with Crippen LogP contribution < -0.4 is 5.32 Å². The van der Waals surface area contributed by atoms with Gasteiger partial charge in [0, 0.05) is 12.7 Å². The molecule has 1 fully saturated rings. The molecule has 1 saturated carbocycles. The van der Waals surface area contributed by atoms with E-state index in [0.717, 1.165) is 37.9 Å². The van der Waals surface area contributed by atoms with Gasteiger partial charge in [-0.3, -0.25) is 4.98 Å². The first-order chi connectivity index (χ1) is 8.29. The number of nitrogens with zero attached hydrogens (tertiary/aromatic N) is 2. The minimum absolute atomic E-state index is 0.153. The lowest BCUT2D eigenvalue weighted by Crippen LogP contribution is -2.25. The molecule has 17 heavy (non-hydrogen) atoms. The molecule has 1 aromatic heterocycles. The normalized spacial score (nSPS) is 24.0. The van der Waals surface area contributed by atoms with Gasteiger partial charge in [-0.25, -0.2) is 0 Å². The first-order valence-electron chi connectivity index (χ1n) is 6.05. The van der Waals surface area contributed by atoms with E-state index in [-0.39, 0.29) is 6.10 Å². The van der Waals surface area contributed by atoms with Crippen LogP contribution in [0.3, 0.4) is 0 Å². The molecule has 2 unspecified atom stereocenters. The molecule has 4 nitrogen and oxygen atoms in total. The molecule has 0 aliphatic heterocycles. The molecule has 2 N–H and O–H groups in total. The molecule has 0 aromatic carbocycles. The number of anilines is 1. The summed E-state index contributed by atoms with van der Waals surface area (Å²) in [7, 11) is 0. The molecule has 1 heterocycles. The van der Waals surface area contributed by atoms with Gasteiger partial charge in [0.25, 0.3) is 0 Å². The second-order valence-corrected chi connectivity index (χ2v) is 4.60. The lowest BCUT2D eigenvalue weighted by atomic mass is 9.87. The number of aliphatic hydroxyl groups is 1. The lowest BCUT2D eigenvalue weighted by molar-refractivity contribution is 0.105. The summed E-state index contributed by atoms with van der Waals surface area (Å²) in [6.07, 6.45) is 7.16. The Bertz CT molecular complexity index is 413. The zero-order chi connectivity index (χ0) is 12.1. The van der Waals surface area contributed by atoms with Crippen LogP contribution in [0.5, 0.6) is 0 Å². The van der Waals surface area contributed by atoms with Crippen molar-refractivity contribution in [3.05, 3.63) is 24.0 Å². The molecule has 0 saturated heterocycles. The third-order valence-electron chi connectivity index (χ3n) is 3.28. The predicted octanol–water partition coefficient (Wildman–Crippen LogP) is 1.92. The first kappa shape index (κ1) is 11.9. The van der Waals surface area contributed by atoms with Crippen molar-refractivity contribution in [1.82, 2.24) is 4.98 Å². The highest BCUT2D eigenvalue weighted by atomic mass is 16.3. The molecule has 4 heteroatoms. The lowest BCUT2D eigenvalue weighted by Gasteiger charge is -2.26. The van der Waals surface area contributed by atoms with Crippen molar-refractivity contribution in [3.63, 3.8) is 0 Å². The molecule has 0 amide bonds. The number of nitrogens with one attached hydrogen (secondary N) is 1. The average molecular weight is 231 g/mol. The number of rotatable bonds is 3. The minimum Gasteiger partial charge on any atom is -0.393 e. The van der Waals surface area contributed by atoms with E-state index in [1.165, 1.54) is 0 Å². The minimum atomic E-state index is -0.153. The Morgan fingerprint density at radius 2 is 2.41 bits per heavy atom. The maximum absolute atomic E-state index is 9.59. The van der Waals surface area contributed by atoms with E-state index >= 15 is 0 Å². The Balaban J connectivity index is 1.91.